The van der Waals surface area contributed by atoms with Crippen molar-refractivity contribution in [2.75, 3.05) is 18.6 Å². The number of rotatable bonds is 4. The minimum atomic E-state index is -5.84. The highest BCUT2D eigenvalue weighted by Gasteiger charge is 2.63. The molecule has 84 valence electrons. The monoisotopic (exact) mass is 237 g/mol. The highest BCUT2D eigenvalue weighted by atomic mass is 32.2. The van der Waals surface area contributed by atoms with Crippen molar-refractivity contribution >= 4 is 17.7 Å². The number of carbonyl (C=O) groups excluding carboxylic acids is 1. The van der Waals surface area contributed by atoms with Gasteiger partial charge in [0.05, 0.1) is 0 Å². The lowest BCUT2D eigenvalue weighted by Crippen LogP contribution is -2.50. The smallest absolute Gasteiger partial charge is 0.350 e. The molecule has 14 heavy (non-hydrogen) atoms. The van der Waals surface area contributed by atoms with Crippen molar-refractivity contribution in [3.05, 3.63) is 0 Å². The molecule has 0 atom stereocenters. The second kappa shape index (κ2) is 4.81. The summed E-state index contributed by atoms with van der Waals surface area (Å²) in [6.45, 7) is -0.217. The molecule has 0 radical (unpaired) electrons. The molecule has 0 rings (SSSR count). The van der Waals surface area contributed by atoms with Crippen LogP contribution >= 0.6 is 11.8 Å². The third-order valence-corrected chi connectivity index (χ3v) is 1.85. The van der Waals surface area contributed by atoms with Crippen molar-refractivity contribution in [1.82, 2.24) is 5.32 Å². The minimum absolute atomic E-state index is 0.217. The van der Waals surface area contributed by atoms with Gasteiger partial charge in [0, 0.05) is 12.3 Å². The summed E-state index contributed by atoms with van der Waals surface area (Å²) >= 11 is 1.22. The first kappa shape index (κ1) is 13.5. The average Bonchev–Trinajstić information content (AvgIpc) is 2.02. The number of nitrogens with one attached hydrogen (secondary N) is 1. The molecule has 0 saturated heterocycles. The number of thioether (sulfide) groups is 1. The van der Waals surface area contributed by atoms with E-state index in [1.807, 2.05) is 0 Å². The summed E-state index contributed by atoms with van der Waals surface area (Å²) in [5.74, 6) is -7.34. The fourth-order valence-corrected chi connectivity index (χ4v) is 0.813. The van der Waals surface area contributed by atoms with Crippen LogP contribution in [0.2, 0.25) is 0 Å². The Morgan fingerprint density at radius 1 is 1.29 bits per heavy atom. The summed E-state index contributed by atoms with van der Waals surface area (Å²) in [7, 11) is 0. The summed E-state index contributed by atoms with van der Waals surface area (Å²) < 4.78 is 59.1. The normalized spacial score (nSPS) is 12.7. The van der Waals surface area contributed by atoms with Crippen LogP contribution in [0.15, 0.2) is 0 Å². The maximum atomic E-state index is 12.2. The number of carbonyl (C=O) groups is 1. The van der Waals surface area contributed by atoms with Gasteiger partial charge in [-0.05, 0) is 6.26 Å². The molecule has 1 amide bonds. The predicted molar refractivity (Wildman–Crippen MR) is 42.4 cm³/mol. The summed E-state index contributed by atoms with van der Waals surface area (Å²) in [6, 6.07) is 0. The number of halogens is 5. The van der Waals surface area contributed by atoms with Crippen LogP contribution in [0.1, 0.15) is 0 Å². The van der Waals surface area contributed by atoms with E-state index in [1.165, 1.54) is 17.1 Å². The van der Waals surface area contributed by atoms with E-state index in [-0.39, 0.29) is 12.3 Å². The number of hydrogen-bond donors (Lipinski definition) is 1. The van der Waals surface area contributed by atoms with Crippen LogP contribution in [0.3, 0.4) is 0 Å². The Kier molecular flexibility index (Phi) is 4.63. The van der Waals surface area contributed by atoms with E-state index < -0.39 is 18.0 Å². The van der Waals surface area contributed by atoms with E-state index in [1.54, 1.807) is 6.26 Å². The van der Waals surface area contributed by atoms with Crippen LogP contribution < -0.4 is 5.32 Å². The fourth-order valence-electron chi connectivity index (χ4n) is 0.506. The second-order valence-corrected chi connectivity index (χ2v) is 3.31. The number of alkyl halides is 5. The molecule has 0 saturated carbocycles. The minimum Gasteiger partial charge on any atom is -0.350 e. The molecule has 0 aliphatic heterocycles. The first-order chi connectivity index (χ1) is 6.23. The van der Waals surface area contributed by atoms with Crippen molar-refractivity contribution in [3.63, 3.8) is 0 Å². The molecular weight excluding hydrogens is 229 g/mol. The maximum Gasteiger partial charge on any atom is 0.463 e. The highest BCUT2D eigenvalue weighted by molar-refractivity contribution is 7.98. The SMILES string of the molecule is CSCCNC(=O)C(F)(F)C(F)(F)F. The van der Waals surface area contributed by atoms with E-state index in [0.29, 0.717) is 0 Å². The first-order valence-corrected chi connectivity index (χ1v) is 4.84. The Morgan fingerprint density at radius 3 is 2.14 bits per heavy atom. The summed E-state index contributed by atoms with van der Waals surface area (Å²) in [6.07, 6.45) is -4.20. The van der Waals surface area contributed by atoms with E-state index in [0.717, 1.165) is 0 Å². The van der Waals surface area contributed by atoms with Crippen LogP contribution in [-0.2, 0) is 4.79 Å². The van der Waals surface area contributed by atoms with E-state index in [9.17, 15) is 26.7 Å². The van der Waals surface area contributed by atoms with Gasteiger partial charge in [-0.15, -0.1) is 0 Å². The third kappa shape index (κ3) is 3.32. The van der Waals surface area contributed by atoms with Crippen LogP contribution in [-0.4, -0.2) is 36.6 Å². The van der Waals surface area contributed by atoms with E-state index >= 15 is 0 Å². The van der Waals surface area contributed by atoms with Gasteiger partial charge in [0.2, 0.25) is 0 Å². The van der Waals surface area contributed by atoms with Gasteiger partial charge in [0.15, 0.2) is 0 Å². The molecule has 0 heterocycles. The molecule has 0 aromatic carbocycles. The molecule has 0 unspecified atom stereocenters. The lowest BCUT2D eigenvalue weighted by Gasteiger charge is -2.18. The van der Waals surface area contributed by atoms with Crippen LogP contribution in [0.4, 0.5) is 22.0 Å². The molecule has 8 heteroatoms. The zero-order chi connectivity index (χ0) is 11.4. The van der Waals surface area contributed by atoms with Gasteiger partial charge in [0.25, 0.3) is 5.91 Å². The van der Waals surface area contributed by atoms with Crippen molar-refractivity contribution in [2.45, 2.75) is 12.1 Å². The average molecular weight is 237 g/mol. The van der Waals surface area contributed by atoms with E-state index in [2.05, 4.69) is 0 Å². The Labute approximate surface area is 81.2 Å². The van der Waals surface area contributed by atoms with Gasteiger partial charge < -0.3 is 5.32 Å². The van der Waals surface area contributed by atoms with Gasteiger partial charge in [-0.3, -0.25) is 4.79 Å². The van der Waals surface area contributed by atoms with Crippen molar-refractivity contribution in [1.29, 1.82) is 0 Å². The molecular formula is C6H8F5NOS. The molecule has 1 N–H and O–H groups in total. The molecule has 0 aromatic heterocycles. The van der Waals surface area contributed by atoms with Gasteiger partial charge in [-0.1, -0.05) is 0 Å². The van der Waals surface area contributed by atoms with Gasteiger partial charge in [-0.25, -0.2) is 0 Å². The molecule has 0 bridgehead atoms. The highest BCUT2D eigenvalue weighted by Crippen LogP contribution is 2.35. The third-order valence-electron chi connectivity index (χ3n) is 1.23. The quantitative estimate of drug-likeness (QED) is 0.595. The van der Waals surface area contributed by atoms with Crippen LogP contribution in [0.5, 0.6) is 0 Å². The Bertz CT molecular complexity index is 205. The maximum absolute atomic E-state index is 12.2. The molecule has 0 aliphatic carbocycles. The molecule has 0 spiro atoms. The zero-order valence-electron chi connectivity index (χ0n) is 7.12. The Morgan fingerprint density at radius 2 is 1.79 bits per heavy atom. The number of hydrogen-bond acceptors (Lipinski definition) is 2. The standard InChI is InChI=1S/C6H8F5NOS/c1-14-3-2-12-4(13)5(7,8)6(9,10)11/h2-3H2,1H3,(H,12,13). The van der Waals surface area contributed by atoms with Gasteiger partial charge in [-0.2, -0.15) is 33.7 Å². The van der Waals surface area contributed by atoms with Gasteiger partial charge >= 0.3 is 12.1 Å². The van der Waals surface area contributed by atoms with Crippen LogP contribution in [0, 0.1) is 0 Å². The van der Waals surface area contributed by atoms with Crippen molar-refractivity contribution in [2.24, 2.45) is 0 Å². The molecule has 0 aliphatic rings. The fraction of sp³-hybridized carbons (Fsp3) is 0.833. The first-order valence-electron chi connectivity index (χ1n) is 3.45. The Hall–Kier alpha value is -0.530. The number of amides is 1. The predicted octanol–water partition coefficient (Wildman–Crippen LogP) is 1.66. The topological polar surface area (TPSA) is 29.1 Å². The van der Waals surface area contributed by atoms with Gasteiger partial charge in [0.1, 0.15) is 0 Å². The Balaban J connectivity index is 4.23. The second-order valence-electron chi connectivity index (χ2n) is 2.32. The lowest BCUT2D eigenvalue weighted by molar-refractivity contribution is -0.269. The largest absolute Gasteiger partial charge is 0.463 e. The summed E-state index contributed by atoms with van der Waals surface area (Å²) in [5, 5.41) is 1.50. The van der Waals surface area contributed by atoms with E-state index in [4.69, 9.17) is 0 Å². The molecule has 2 nitrogen and oxygen atoms in total. The lowest BCUT2D eigenvalue weighted by atomic mass is 10.3. The molecule has 0 aromatic rings. The van der Waals surface area contributed by atoms with Crippen molar-refractivity contribution in [3.8, 4) is 0 Å². The zero-order valence-corrected chi connectivity index (χ0v) is 7.94. The summed E-state index contributed by atoms with van der Waals surface area (Å²) in [5.41, 5.74) is 0. The van der Waals surface area contributed by atoms with Crippen LogP contribution in [0.25, 0.3) is 0 Å². The summed E-state index contributed by atoms with van der Waals surface area (Å²) in [4.78, 5) is 10.4. The van der Waals surface area contributed by atoms with Crippen molar-refractivity contribution < 1.29 is 26.7 Å². The molecule has 0 fully saturated rings.